The average molecular weight is 461 g/mol. The highest BCUT2D eigenvalue weighted by molar-refractivity contribution is 9.10. The number of anilines is 1. The van der Waals surface area contributed by atoms with E-state index in [1.807, 2.05) is 55.5 Å². The molecule has 0 fully saturated rings. The van der Waals surface area contributed by atoms with Gasteiger partial charge in [0.15, 0.2) is 0 Å². The minimum absolute atomic E-state index is 0.0586. The summed E-state index contributed by atoms with van der Waals surface area (Å²) in [6.45, 7) is 2.61. The third-order valence-electron chi connectivity index (χ3n) is 4.49. The molecule has 3 rings (SSSR count). The lowest BCUT2D eigenvalue weighted by molar-refractivity contribution is 0.160. The molecule has 0 aromatic heterocycles. The lowest BCUT2D eigenvalue weighted by Crippen LogP contribution is -2.15. The van der Waals surface area contributed by atoms with Gasteiger partial charge in [-0.3, -0.25) is 0 Å². The van der Waals surface area contributed by atoms with Crippen molar-refractivity contribution in [2.45, 2.75) is 25.5 Å². The lowest BCUT2D eigenvalue weighted by Gasteiger charge is -2.24. The predicted molar refractivity (Wildman–Crippen MR) is 119 cm³/mol. The van der Waals surface area contributed by atoms with Gasteiger partial charge in [-0.05, 0) is 66.6 Å². The fourth-order valence-electron chi connectivity index (χ4n) is 3.03. The van der Waals surface area contributed by atoms with E-state index in [1.165, 1.54) is 0 Å². The van der Waals surface area contributed by atoms with Crippen molar-refractivity contribution < 1.29 is 9.84 Å². The van der Waals surface area contributed by atoms with Gasteiger partial charge >= 0.3 is 0 Å². The highest BCUT2D eigenvalue weighted by Gasteiger charge is 2.18. The van der Waals surface area contributed by atoms with Crippen molar-refractivity contribution >= 4 is 33.2 Å². The predicted octanol–water partition coefficient (Wildman–Crippen LogP) is 6.78. The maximum absolute atomic E-state index is 10.8. The fraction of sp³-hybridized carbons (Fsp3) is 0.217. The zero-order valence-electron chi connectivity index (χ0n) is 15.6. The SMILES string of the molecule is CCOc1ccc(NC(CC(O)c2ccc(Cl)cc2)c2ccc(Br)cc2)cc1. The number of aliphatic hydroxyl groups is 1. The molecule has 3 aromatic rings. The zero-order valence-corrected chi connectivity index (χ0v) is 18.0. The molecule has 3 nitrogen and oxygen atoms in total. The molecule has 0 aliphatic carbocycles. The summed E-state index contributed by atoms with van der Waals surface area (Å²) in [5.41, 5.74) is 2.92. The van der Waals surface area contributed by atoms with Crippen LogP contribution in [-0.2, 0) is 0 Å². The average Bonchev–Trinajstić information content (AvgIpc) is 2.70. The molecule has 0 saturated heterocycles. The second-order valence-electron chi connectivity index (χ2n) is 6.51. The number of hydrogen-bond acceptors (Lipinski definition) is 3. The van der Waals surface area contributed by atoms with Crippen molar-refractivity contribution in [2.24, 2.45) is 0 Å². The zero-order chi connectivity index (χ0) is 19.9. The summed E-state index contributed by atoms with van der Waals surface area (Å²) < 4.78 is 6.53. The van der Waals surface area contributed by atoms with Crippen LogP contribution in [0.25, 0.3) is 0 Å². The minimum atomic E-state index is -0.610. The number of aliphatic hydroxyl groups excluding tert-OH is 1. The van der Waals surface area contributed by atoms with Crippen LogP contribution < -0.4 is 10.1 Å². The van der Waals surface area contributed by atoms with E-state index < -0.39 is 6.10 Å². The Morgan fingerprint density at radius 1 is 0.929 bits per heavy atom. The van der Waals surface area contributed by atoms with Gasteiger partial charge in [0.2, 0.25) is 0 Å². The van der Waals surface area contributed by atoms with Crippen LogP contribution in [0.5, 0.6) is 5.75 Å². The number of rotatable bonds is 8. The van der Waals surface area contributed by atoms with Crippen LogP contribution in [0.3, 0.4) is 0 Å². The molecular formula is C23H23BrClNO2. The second-order valence-corrected chi connectivity index (χ2v) is 7.86. The van der Waals surface area contributed by atoms with Crippen molar-refractivity contribution in [2.75, 3.05) is 11.9 Å². The summed E-state index contributed by atoms with van der Waals surface area (Å²) in [4.78, 5) is 0. The molecule has 2 atom stereocenters. The largest absolute Gasteiger partial charge is 0.494 e. The van der Waals surface area contributed by atoms with E-state index in [0.717, 1.165) is 27.0 Å². The first-order valence-electron chi connectivity index (χ1n) is 9.23. The first kappa shape index (κ1) is 20.7. The second kappa shape index (κ2) is 9.97. The van der Waals surface area contributed by atoms with Crippen LogP contribution in [0.2, 0.25) is 5.02 Å². The summed E-state index contributed by atoms with van der Waals surface area (Å²) in [5.74, 6) is 0.842. The summed E-state index contributed by atoms with van der Waals surface area (Å²) in [7, 11) is 0. The van der Waals surface area contributed by atoms with Crippen LogP contribution in [0.15, 0.2) is 77.3 Å². The molecule has 0 aliphatic rings. The monoisotopic (exact) mass is 459 g/mol. The van der Waals surface area contributed by atoms with Crippen molar-refractivity contribution in [3.8, 4) is 5.75 Å². The molecule has 3 aromatic carbocycles. The van der Waals surface area contributed by atoms with Crippen molar-refractivity contribution in [1.29, 1.82) is 0 Å². The van der Waals surface area contributed by atoms with Crippen LogP contribution in [0.1, 0.15) is 36.6 Å². The molecule has 0 aliphatic heterocycles. The molecule has 2 N–H and O–H groups in total. The highest BCUT2D eigenvalue weighted by Crippen LogP contribution is 2.31. The number of nitrogens with one attached hydrogen (secondary N) is 1. The molecule has 146 valence electrons. The fourth-order valence-corrected chi connectivity index (χ4v) is 3.42. The summed E-state index contributed by atoms with van der Waals surface area (Å²) >= 11 is 9.45. The molecule has 0 radical (unpaired) electrons. The molecule has 0 bridgehead atoms. The van der Waals surface area contributed by atoms with Crippen LogP contribution in [0.4, 0.5) is 5.69 Å². The Balaban J connectivity index is 1.80. The lowest BCUT2D eigenvalue weighted by atomic mass is 9.96. The van der Waals surface area contributed by atoms with Gasteiger partial charge in [0, 0.05) is 21.6 Å². The van der Waals surface area contributed by atoms with Crippen molar-refractivity contribution in [1.82, 2.24) is 0 Å². The molecule has 0 saturated carbocycles. The van der Waals surface area contributed by atoms with E-state index >= 15 is 0 Å². The van der Waals surface area contributed by atoms with E-state index in [0.29, 0.717) is 18.1 Å². The Kier molecular flexibility index (Phi) is 7.37. The smallest absolute Gasteiger partial charge is 0.119 e. The van der Waals surface area contributed by atoms with E-state index in [4.69, 9.17) is 16.3 Å². The number of benzene rings is 3. The maximum Gasteiger partial charge on any atom is 0.119 e. The molecule has 28 heavy (non-hydrogen) atoms. The summed E-state index contributed by atoms with van der Waals surface area (Å²) in [6.07, 6.45) is -0.0858. The Bertz CT molecular complexity index is 867. The van der Waals surface area contributed by atoms with E-state index in [9.17, 15) is 5.11 Å². The van der Waals surface area contributed by atoms with Gasteiger partial charge in [-0.1, -0.05) is 51.8 Å². The third kappa shape index (κ3) is 5.74. The molecule has 0 heterocycles. The standard InChI is InChI=1S/C23H23BrClNO2/c1-2-28-21-13-11-20(12-14-21)26-22(16-3-7-18(24)8-4-16)15-23(27)17-5-9-19(25)10-6-17/h3-14,22-23,26-27H,2,15H2,1H3. The van der Waals surface area contributed by atoms with Gasteiger partial charge in [-0.15, -0.1) is 0 Å². The van der Waals surface area contributed by atoms with Gasteiger partial charge in [0.1, 0.15) is 5.75 Å². The van der Waals surface area contributed by atoms with Crippen molar-refractivity contribution in [3.63, 3.8) is 0 Å². The van der Waals surface area contributed by atoms with Gasteiger partial charge in [0.05, 0.1) is 18.8 Å². The normalized spacial score (nSPS) is 13.0. The van der Waals surface area contributed by atoms with Gasteiger partial charge in [0.25, 0.3) is 0 Å². The topological polar surface area (TPSA) is 41.5 Å². The number of ether oxygens (including phenoxy) is 1. The molecular weight excluding hydrogens is 438 g/mol. The Hall–Kier alpha value is -2.01. The Morgan fingerprint density at radius 2 is 1.54 bits per heavy atom. The highest BCUT2D eigenvalue weighted by atomic mass is 79.9. The molecule has 0 amide bonds. The molecule has 2 unspecified atom stereocenters. The Labute approximate surface area is 179 Å². The molecule has 5 heteroatoms. The third-order valence-corrected chi connectivity index (χ3v) is 5.27. The van der Waals surface area contributed by atoms with Gasteiger partial charge in [-0.25, -0.2) is 0 Å². The van der Waals surface area contributed by atoms with E-state index in [2.05, 4.69) is 33.4 Å². The minimum Gasteiger partial charge on any atom is -0.494 e. The molecule has 0 spiro atoms. The van der Waals surface area contributed by atoms with Gasteiger partial charge < -0.3 is 15.2 Å². The first-order valence-corrected chi connectivity index (χ1v) is 10.4. The van der Waals surface area contributed by atoms with Crippen LogP contribution >= 0.6 is 27.5 Å². The number of halogens is 2. The van der Waals surface area contributed by atoms with Gasteiger partial charge in [-0.2, -0.15) is 0 Å². The Morgan fingerprint density at radius 3 is 2.14 bits per heavy atom. The van der Waals surface area contributed by atoms with Crippen LogP contribution in [-0.4, -0.2) is 11.7 Å². The first-order chi connectivity index (χ1) is 13.5. The van der Waals surface area contributed by atoms with E-state index in [1.54, 1.807) is 12.1 Å². The maximum atomic E-state index is 10.8. The number of hydrogen-bond donors (Lipinski definition) is 2. The van der Waals surface area contributed by atoms with Crippen molar-refractivity contribution in [3.05, 3.63) is 93.4 Å². The summed E-state index contributed by atoms with van der Waals surface area (Å²) in [5, 5.41) is 15.0. The van der Waals surface area contributed by atoms with Crippen LogP contribution in [0, 0.1) is 0 Å². The summed E-state index contributed by atoms with van der Waals surface area (Å²) in [6, 6.07) is 23.3. The van der Waals surface area contributed by atoms with E-state index in [-0.39, 0.29) is 6.04 Å². The quantitative estimate of drug-likeness (QED) is 0.389.